The quantitative estimate of drug-likeness (QED) is 0.0163. The SMILES string of the molecule is C=CC(=O)O.C=CC(=O)OCC(CC)(COC(=O)C=C)COC(=O)C=C.C=CC(=O)[O-].CCC(COC(=O)CC(CC(CC(C)C(=O)[O-])C(=O)[O-])CC(CC(C)C(=O)O)C(=O)O)(COC(=O)C(CCC(CC(CC(C)C(=O)[O-])C(=O)O)C(=O)[O-])CC(CC(CC(C)C(=O)[O-])C(=O)[O-])C(=O)[O-])COC(=O)C(CCC(CC(C)C(=O)[O-])C(=O)O)CC(CC(CC(C)C(=O)[O-])C(=O)[O-])C(=O)[O-].[Na+].[Na+].[Na+].[Na+].[Na+].[Na+].[Na+].[Na+].[Na+].[Na+].[Na+].[Na+].[Na+]. The first-order chi connectivity index (χ1) is 61.6. The molecule has 46 nitrogen and oxygen atoms in total. The van der Waals surface area contributed by atoms with E-state index in [1.54, 1.807) is 6.92 Å². The number of carbonyl (C=O) groups excluding carboxylic acids is 18. The molecule has 0 spiro atoms. The fraction of sp³-hybridized carbons (Fsp3) is 0.621. The summed E-state index contributed by atoms with van der Waals surface area (Å²) in [5.41, 5.74) is -3.06. The minimum Gasteiger partial charge on any atom is -0.550 e. The maximum atomic E-state index is 14.7. The van der Waals surface area contributed by atoms with Gasteiger partial charge in [-0.25, -0.2) is 19.2 Å². The summed E-state index contributed by atoms with van der Waals surface area (Å²) in [5, 5.41) is 190. The first-order valence-electron chi connectivity index (χ1n) is 41.3. The second-order valence-electron chi connectivity index (χ2n) is 32.3. The van der Waals surface area contributed by atoms with Crippen molar-refractivity contribution in [1.82, 2.24) is 0 Å². The van der Waals surface area contributed by atoms with E-state index in [4.69, 9.17) is 43.4 Å². The number of carboxylic acid groups (broad SMARTS) is 17. The molecular weight excluding hydrogens is 2080 g/mol. The monoisotopic (exact) mass is 2190 g/mol. The van der Waals surface area contributed by atoms with Crippen molar-refractivity contribution in [2.24, 2.45) is 117 Å². The van der Waals surface area contributed by atoms with Gasteiger partial charge in [0.25, 0.3) is 0 Å². The zero-order chi connectivity index (χ0) is 104. The van der Waals surface area contributed by atoms with E-state index >= 15 is 0 Å². The third kappa shape index (κ3) is 84.7. The van der Waals surface area contributed by atoms with Crippen LogP contribution in [-0.4, -0.2) is 202 Å². The van der Waals surface area contributed by atoms with Crippen LogP contribution in [0.15, 0.2) is 63.3 Å². The second-order valence-corrected chi connectivity index (χ2v) is 32.3. The Morgan fingerprint density at radius 1 is 0.247 bits per heavy atom. The number of rotatable bonds is 70. The van der Waals surface area contributed by atoms with Crippen molar-refractivity contribution < 1.29 is 610 Å². The Morgan fingerprint density at radius 2 is 0.445 bits per heavy atom. The van der Waals surface area contributed by atoms with Gasteiger partial charge in [-0.3, -0.25) is 33.6 Å². The number of aliphatic carboxylic acids is 17. The standard InChI is InChI=1S/C66H98O36.C15H20O6.2C3H4O2.13Na/c1-8-66(27-100-48(67)21-36(19-41(57(84)85)14-31(3)50(70)71)20-42(58(86)87)15-32(4)51(72)73,28-101-64(98)39(11-9-37(55(80)81)13-30(2)49(68)69)23-46(62(94)95)25-44(60(90)91)17-34(6)53(76)77)29-102-65(99)40(24-47(63(96)97)26-45(61(92)93)18-35(7)54(78)79)12-10-38(56(82)83)22-43(59(88)89)16-33(5)52(74)75;1-5-12(16)19-9-15(8-4,10-20-13(17)6-2)11-21-14(18)7-3;2*1-2-3(4)5;;;;;;;;;;;;;/h30-47H,8-29H2,1-7H3,(H,68,69)(H,70,71)(H,72,73)(H,74,75)(H,76,77)(H,78,79)(H,80,81)(H,82,83)(H,84,85)(H,86,87)(H,88,89)(H,90,91)(H,92,93)(H,94,95)(H,96,97);5-7H,1-3,8-11H2,4H3;2*2H,1H2,(H,4,5);;;;;;;;;;;;;/q;;;;13*+1/p-12. The predicted octanol–water partition coefficient (Wildman–Crippen LogP) is -47.4. The molecular formula is C87H114Na13O46+. The number of hydrogen-bond donors (Lipinski definition) is 5. The summed E-state index contributed by atoms with van der Waals surface area (Å²) in [5.74, 6) is -67.0. The molecule has 0 aromatic heterocycles. The van der Waals surface area contributed by atoms with Crippen molar-refractivity contribution in [2.75, 3.05) is 39.6 Å². The van der Waals surface area contributed by atoms with E-state index in [1.165, 1.54) is 6.92 Å². The molecule has 0 bridgehead atoms. The minimum absolute atomic E-state index is 0. The molecule has 19 atom stereocenters. The summed E-state index contributed by atoms with van der Waals surface area (Å²) in [6, 6.07) is 0. The topological polar surface area (TPSA) is 826 Å². The van der Waals surface area contributed by atoms with Gasteiger partial charge in [0.05, 0.1) is 52.3 Å². The average Bonchev–Trinajstić information content (AvgIpc) is 0.835. The van der Waals surface area contributed by atoms with Crippen LogP contribution in [0, 0.1) is 117 Å². The number of esters is 6. The number of hydrogen-bond acceptors (Lipinski definition) is 41. The van der Waals surface area contributed by atoms with Crippen molar-refractivity contribution in [3.05, 3.63) is 63.3 Å². The van der Waals surface area contributed by atoms with Gasteiger partial charge in [0.1, 0.15) is 39.6 Å². The van der Waals surface area contributed by atoms with Crippen molar-refractivity contribution >= 4 is 137 Å². The molecule has 59 heteroatoms. The summed E-state index contributed by atoms with van der Waals surface area (Å²) >= 11 is 0. The summed E-state index contributed by atoms with van der Waals surface area (Å²) in [7, 11) is 0. The van der Waals surface area contributed by atoms with Gasteiger partial charge in [-0.05, 0) is 199 Å². The molecule has 0 radical (unpaired) electrons. The third-order valence-electron chi connectivity index (χ3n) is 21.7. The molecule has 0 aromatic rings. The Labute approximate surface area is 1130 Å². The van der Waals surface area contributed by atoms with Crippen molar-refractivity contribution in [1.29, 1.82) is 0 Å². The van der Waals surface area contributed by atoms with Crippen molar-refractivity contribution in [3.63, 3.8) is 0 Å². The maximum Gasteiger partial charge on any atom is 1.00 e. The molecule has 0 heterocycles. The summed E-state index contributed by atoms with van der Waals surface area (Å²) in [4.78, 5) is 278. The van der Waals surface area contributed by atoms with Crippen LogP contribution in [0.4, 0.5) is 0 Å². The zero-order valence-corrected chi connectivity index (χ0v) is 114. The van der Waals surface area contributed by atoms with Gasteiger partial charge in [0, 0.05) is 96.4 Å². The van der Waals surface area contributed by atoms with Crippen LogP contribution in [0.25, 0.3) is 0 Å². The van der Waals surface area contributed by atoms with Gasteiger partial charge in [-0.2, -0.15) is 0 Å². The van der Waals surface area contributed by atoms with E-state index in [-0.39, 0.29) is 404 Å². The van der Waals surface area contributed by atoms with Crippen molar-refractivity contribution in [3.8, 4) is 0 Å². The van der Waals surface area contributed by atoms with Crippen LogP contribution >= 0.6 is 0 Å². The van der Waals surface area contributed by atoms with Crippen LogP contribution in [0.5, 0.6) is 0 Å². The number of carbonyl (C=O) groups is 23. The van der Waals surface area contributed by atoms with Crippen LogP contribution in [0.3, 0.4) is 0 Å². The normalized spacial score (nSPS) is 14.0. The van der Waals surface area contributed by atoms with E-state index in [0.29, 0.717) is 6.42 Å². The molecule has 146 heavy (non-hydrogen) atoms. The van der Waals surface area contributed by atoms with E-state index in [1.807, 2.05) is 0 Å². The molecule has 750 valence electrons. The fourth-order valence-electron chi connectivity index (χ4n) is 13.0. The first kappa shape index (κ1) is 184. The Hall–Kier alpha value is -0.490. The maximum absolute atomic E-state index is 14.7. The molecule has 0 amide bonds. The van der Waals surface area contributed by atoms with Gasteiger partial charge >= 0.3 is 450 Å². The van der Waals surface area contributed by atoms with Crippen LogP contribution < -0.4 is 446 Å². The Bertz CT molecular complexity index is 3960. The Morgan fingerprint density at radius 3 is 0.678 bits per heavy atom. The molecule has 0 aliphatic rings. The summed E-state index contributed by atoms with van der Waals surface area (Å²) < 4.78 is 32.0. The van der Waals surface area contributed by atoms with E-state index in [9.17, 15) is 182 Å². The zero-order valence-electron chi connectivity index (χ0n) is 87.7. The van der Waals surface area contributed by atoms with Gasteiger partial charge < -0.3 is 173 Å². The Kier molecular flexibility index (Phi) is 128. The average molecular weight is 2190 g/mol. The molecule has 0 fully saturated rings. The number of ether oxygens (including phenoxy) is 6. The van der Waals surface area contributed by atoms with Gasteiger partial charge in [-0.1, -0.05) is 88.3 Å². The fourth-order valence-corrected chi connectivity index (χ4v) is 13.0. The van der Waals surface area contributed by atoms with Crippen LogP contribution in [0.2, 0.25) is 0 Å². The first-order valence-corrected chi connectivity index (χ1v) is 41.3. The van der Waals surface area contributed by atoms with Crippen LogP contribution in [0.1, 0.15) is 184 Å². The van der Waals surface area contributed by atoms with E-state index < -0.39 is 396 Å². The molecule has 0 saturated carbocycles. The second kappa shape index (κ2) is 101. The molecule has 19 unspecified atom stereocenters. The number of carboxylic acids is 17. The Balaban J connectivity index is -0.000000216. The molecule has 0 aliphatic carbocycles. The van der Waals surface area contributed by atoms with Crippen molar-refractivity contribution in [2.45, 2.75) is 184 Å². The third-order valence-corrected chi connectivity index (χ3v) is 21.7. The molecule has 0 aliphatic heterocycles. The van der Waals surface area contributed by atoms with Gasteiger partial charge in [-0.15, -0.1) is 0 Å². The minimum atomic E-state index is -2.22. The molecule has 0 aromatic carbocycles. The summed E-state index contributed by atoms with van der Waals surface area (Å²) in [6.45, 7) is 21.2. The predicted molar refractivity (Wildman–Crippen MR) is 420 cm³/mol. The van der Waals surface area contributed by atoms with Gasteiger partial charge in [0.2, 0.25) is 0 Å². The molecule has 5 N–H and O–H groups in total. The van der Waals surface area contributed by atoms with E-state index in [0.717, 1.165) is 71.9 Å². The smallest absolute Gasteiger partial charge is 0.550 e. The molecule has 0 rings (SSSR count). The molecule has 0 saturated heterocycles. The van der Waals surface area contributed by atoms with E-state index in [2.05, 4.69) is 32.9 Å². The largest absolute Gasteiger partial charge is 1.00 e. The van der Waals surface area contributed by atoms with Gasteiger partial charge in [0.15, 0.2) is 0 Å². The summed E-state index contributed by atoms with van der Waals surface area (Å²) in [6.07, 6.45) is -10.6. The van der Waals surface area contributed by atoms with Crippen LogP contribution in [-0.2, 0) is 139 Å².